The van der Waals surface area contributed by atoms with Gasteiger partial charge in [-0.2, -0.15) is 0 Å². The molecule has 2 aromatic carbocycles. The van der Waals surface area contributed by atoms with E-state index in [1.165, 1.54) is 0 Å². The Labute approximate surface area is 313 Å². The minimum Gasteiger partial charge on any atom is -0.759 e. The summed E-state index contributed by atoms with van der Waals surface area (Å²) in [5.41, 5.74) is 7.59. The van der Waals surface area contributed by atoms with Gasteiger partial charge in [0.25, 0.3) is 0 Å². The Morgan fingerprint density at radius 2 is 0.654 bits per heavy atom. The van der Waals surface area contributed by atoms with Gasteiger partial charge in [0, 0.05) is 67.1 Å². The first kappa shape index (κ1) is 54.3. The Hall–Kier alpha value is -4.44. The number of aromatic nitrogens is 8. The third-order valence-corrected chi connectivity index (χ3v) is 6.01. The van der Waals surface area contributed by atoms with E-state index in [1.807, 2.05) is 48.5 Å². The fourth-order valence-corrected chi connectivity index (χ4v) is 4.57. The maximum atomic E-state index is 8.52. The molecule has 282 valence electrons. The first-order valence-electron chi connectivity index (χ1n) is 12.1. The SMILES string of the molecule is O.O.O=S(=O)([O-])[O-].O=S(=O)([O-])[O-].[Mn+2].[Mn+2].[OH3+].[OH3+].[OH3+].[OH3+].c1cnc2c(c1)c1nc[nH]c1c1cccnc12.c1cnc2c(c1)c1nc[nH]c1c1cccnc12. The van der Waals surface area contributed by atoms with Crippen molar-refractivity contribution in [3.05, 3.63) is 86.0 Å². The Kier molecular flexibility index (Phi) is 23.5. The summed E-state index contributed by atoms with van der Waals surface area (Å²) in [6.07, 6.45) is 10.6. The smallest absolute Gasteiger partial charge is 0.759 e. The fourth-order valence-electron chi connectivity index (χ4n) is 4.57. The molecule has 0 atom stereocenters. The number of benzene rings is 2. The second kappa shape index (κ2) is 22.5. The second-order valence-electron chi connectivity index (χ2n) is 8.67. The predicted octanol–water partition coefficient (Wildman–Crippen LogP) is -2.70. The van der Waals surface area contributed by atoms with E-state index in [1.54, 1.807) is 37.4 Å². The van der Waals surface area contributed by atoms with Crippen LogP contribution in [0.15, 0.2) is 86.0 Å². The van der Waals surface area contributed by atoms with Crippen LogP contribution in [-0.2, 0) is 76.8 Å². The number of hydrogen-bond acceptors (Lipinski definition) is 14. The molecule has 0 amide bonds. The number of aromatic amines is 2. The summed E-state index contributed by atoms with van der Waals surface area (Å²) < 4.78 is 68.2. The Morgan fingerprint density at radius 3 is 0.923 bits per heavy atom. The topological polar surface area (TPSA) is 464 Å². The quantitative estimate of drug-likeness (QED) is 0.0516. The molecule has 0 fully saturated rings. The molecule has 2 radical (unpaired) electrons. The third-order valence-electron chi connectivity index (χ3n) is 6.01. The summed E-state index contributed by atoms with van der Waals surface area (Å²) in [7, 11) is -10.3. The van der Waals surface area contributed by atoms with Gasteiger partial charge in [-0.1, -0.05) is 0 Å². The molecule has 0 aliphatic heterocycles. The van der Waals surface area contributed by atoms with Gasteiger partial charge in [0.2, 0.25) is 0 Å². The normalized spacial score (nSPS) is 9.77. The van der Waals surface area contributed by atoms with Gasteiger partial charge in [-0.05, 0) is 48.5 Å². The largest absolute Gasteiger partial charge is 2.00 e. The number of rotatable bonds is 0. The molecule has 0 saturated carbocycles. The van der Waals surface area contributed by atoms with Crippen LogP contribution in [0.2, 0.25) is 0 Å². The van der Waals surface area contributed by atoms with E-state index in [4.69, 9.17) is 35.0 Å². The first-order valence-corrected chi connectivity index (χ1v) is 14.8. The van der Waals surface area contributed by atoms with Gasteiger partial charge < -0.3 is 61.0 Å². The fraction of sp³-hybridized carbons (Fsp3) is 0. The van der Waals surface area contributed by atoms with Gasteiger partial charge in [0.15, 0.2) is 0 Å². The number of fused-ring (bicyclic) bond motifs is 12. The van der Waals surface area contributed by atoms with E-state index in [0.29, 0.717) is 0 Å². The van der Waals surface area contributed by atoms with Crippen molar-refractivity contribution in [1.29, 1.82) is 0 Å². The van der Waals surface area contributed by atoms with E-state index in [0.717, 1.165) is 65.7 Å². The van der Waals surface area contributed by atoms with E-state index in [2.05, 4.69) is 39.9 Å². The standard InChI is InChI=1S/2C13H8N4.2Mn.2H2O4S.6H2O/c2*1-3-8-10(14-5-1)11-9(4-2-6-15-11)13-12(8)16-7-17-13;;;2*1-5(2,3)4;;;;;;/h2*1-7H,(H,16,17);;;2*(H2,1,2,3,4);6*1H2/q;;2*+2;;;;;;;;. The molecular weight excluding hydrogens is 822 g/mol. The summed E-state index contributed by atoms with van der Waals surface area (Å²) in [5.74, 6) is 0. The predicted molar refractivity (Wildman–Crippen MR) is 181 cm³/mol. The summed E-state index contributed by atoms with van der Waals surface area (Å²) in [6.45, 7) is 0. The molecule has 0 unspecified atom stereocenters. The first-order chi connectivity index (χ1) is 20.9. The van der Waals surface area contributed by atoms with Crippen molar-refractivity contribution < 1.29 is 102 Å². The van der Waals surface area contributed by atoms with Crippen molar-refractivity contribution in [1.82, 2.24) is 39.9 Å². The molecular formula is C26H32Mn2N8O14S2+4. The summed E-state index contributed by atoms with van der Waals surface area (Å²) >= 11 is 0. The molecule has 6 aromatic heterocycles. The van der Waals surface area contributed by atoms with Crippen molar-refractivity contribution in [2.24, 2.45) is 0 Å². The molecule has 18 N–H and O–H groups in total. The van der Waals surface area contributed by atoms with Crippen molar-refractivity contribution in [3.63, 3.8) is 0 Å². The number of nitrogens with zero attached hydrogens (tertiary/aromatic N) is 6. The summed E-state index contributed by atoms with van der Waals surface area (Å²) in [4.78, 5) is 32.8. The Balaban J connectivity index is -0.000000315. The zero-order valence-electron chi connectivity index (χ0n) is 25.9. The van der Waals surface area contributed by atoms with Gasteiger partial charge >= 0.3 is 34.1 Å². The molecule has 0 aliphatic carbocycles. The van der Waals surface area contributed by atoms with E-state index in [9.17, 15) is 0 Å². The molecule has 6 heterocycles. The van der Waals surface area contributed by atoms with Crippen LogP contribution in [0.3, 0.4) is 0 Å². The zero-order valence-corrected chi connectivity index (χ0v) is 29.9. The monoisotopic (exact) mass is 854 g/mol. The average Bonchev–Trinajstić information content (AvgIpc) is 3.68. The number of pyridine rings is 4. The molecule has 0 aliphatic rings. The van der Waals surface area contributed by atoms with Crippen LogP contribution in [0.1, 0.15) is 0 Å². The molecule has 0 saturated heterocycles. The van der Waals surface area contributed by atoms with Crippen LogP contribution in [-0.4, -0.2) is 85.9 Å². The number of nitrogens with one attached hydrogen (secondary N) is 2. The van der Waals surface area contributed by atoms with Crippen LogP contribution in [0.25, 0.3) is 65.7 Å². The van der Waals surface area contributed by atoms with Gasteiger partial charge in [0.1, 0.15) is 0 Å². The maximum Gasteiger partial charge on any atom is 2.00 e. The molecule has 8 aromatic rings. The zero-order chi connectivity index (χ0) is 31.5. The molecule has 52 heavy (non-hydrogen) atoms. The third kappa shape index (κ3) is 13.0. The van der Waals surface area contributed by atoms with E-state index < -0.39 is 20.8 Å². The minimum atomic E-state index is -5.17. The molecule has 26 heteroatoms. The maximum absolute atomic E-state index is 8.52. The van der Waals surface area contributed by atoms with Crippen LogP contribution in [0.4, 0.5) is 0 Å². The van der Waals surface area contributed by atoms with Crippen LogP contribution >= 0.6 is 0 Å². The summed E-state index contributed by atoms with van der Waals surface area (Å²) in [6, 6.07) is 15.8. The number of H-pyrrole nitrogens is 2. The van der Waals surface area contributed by atoms with Gasteiger partial charge in [-0.15, -0.1) is 0 Å². The van der Waals surface area contributed by atoms with Crippen molar-refractivity contribution >= 4 is 86.5 Å². The average molecular weight is 855 g/mol. The van der Waals surface area contributed by atoms with Crippen LogP contribution in [0, 0.1) is 0 Å². The van der Waals surface area contributed by atoms with Crippen molar-refractivity contribution in [2.45, 2.75) is 0 Å². The second-order valence-corrected chi connectivity index (χ2v) is 10.3. The minimum absolute atomic E-state index is 0. The van der Waals surface area contributed by atoms with Gasteiger partial charge in [-0.3, -0.25) is 36.8 Å². The Bertz CT molecular complexity index is 2200. The van der Waals surface area contributed by atoms with Gasteiger partial charge in [0.05, 0.1) is 56.8 Å². The van der Waals surface area contributed by atoms with Crippen LogP contribution < -0.4 is 0 Å². The van der Waals surface area contributed by atoms with Crippen molar-refractivity contribution in [3.8, 4) is 0 Å². The summed E-state index contributed by atoms with van der Waals surface area (Å²) in [5, 5.41) is 4.20. The number of hydrogen-bond donors (Lipinski definition) is 2. The number of imidazole rings is 2. The molecule has 22 nitrogen and oxygen atoms in total. The molecule has 0 bridgehead atoms. The van der Waals surface area contributed by atoms with Gasteiger partial charge in [-0.25, -0.2) is 9.97 Å². The Morgan fingerprint density at radius 1 is 0.423 bits per heavy atom. The van der Waals surface area contributed by atoms with E-state index in [-0.39, 0.29) is 67.0 Å². The molecule has 0 spiro atoms. The van der Waals surface area contributed by atoms with Crippen molar-refractivity contribution in [2.75, 3.05) is 0 Å². The van der Waals surface area contributed by atoms with Crippen LogP contribution in [0.5, 0.6) is 0 Å². The van der Waals surface area contributed by atoms with E-state index >= 15 is 0 Å². The molecule has 8 rings (SSSR count).